The van der Waals surface area contributed by atoms with E-state index < -0.39 is 0 Å². The third-order valence-electron chi connectivity index (χ3n) is 2.69. The van der Waals surface area contributed by atoms with Gasteiger partial charge in [-0.3, -0.25) is 4.98 Å². The molecular weight excluding hydrogens is 212 g/mol. The van der Waals surface area contributed by atoms with Crippen molar-refractivity contribution in [1.82, 2.24) is 4.98 Å². The Bertz CT molecular complexity index is 483. The Morgan fingerprint density at radius 2 is 2.06 bits per heavy atom. The average Bonchev–Trinajstić information content (AvgIpc) is 2.39. The van der Waals surface area contributed by atoms with Crippen LogP contribution >= 0.6 is 0 Å². The molecule has 88 valence electrons. The molecule has 0 saturated heterocycles. The maximum atomic E-state index is 5.77. The number of pyridine rings is 1. The Hall–Kier alpha value is -2.03. The summed E-state index contributed by atoms with van der Waals surface area (Å²) >= 11 is 0. The van der Waals surface area contributed by atoms with Crippen molar-refractivity contribution in [1.29, 1.82) is 0 Å². The van der Waals surface area contributed by atoms with Crippen molar-refractivity contribution in [2.45, 2.75) is 12.8 Å². The van der Waals surface area contributed by atoms with E-state index in [-0.39, 0.29) is 0 Å². The molecule has 1 aromatic heterocycles. The number of ether oxygens (including phenoxy) is 1. The summed E-state index contributed by atoms with van der Waals surface area (Å²) < 4.78 is 5.20. The van der Waals surface area contributed by atoms with Gasteiger partial charge in [0.25, 0.3) is 0 Å². The highest BCUT2D eigenvalue weighted by Crippen LogP contribution is 2.22. The second-order valence-corrected chi connectivity index (χ2v) is 3.90. The van der Waals surface area contributed by atoms with Gasteiger partial charge in [-0.2, -0.15) is 0 Å². The molecule has 2 rings (SSSR count). The molecule has 0 aliphatic carbocycles. The number of aryl methyl sites for hydroxylation is 2. The third kappa shape index (κ3) is 2.97. The molecule has 0 atom stereocenters. The maximum Gasteiger partial charge on any atom is 0.142 e. The van der Waals surface area contributed by atoms with E-state index in [2.05, 4.69) is 4.98 Å². The average molecular weight is 228 g/mol. The van der Waals surface area contributed by atoms with Gasteiger partial charge in [-0.1, -0.05) is 12.1 Å². The van der Waals surface area contributed by atoms with Crippen molar-refractivity contribution in [3.05, 3.63) is 53.9 Å². The SMILES string of the molecule is COc1cc(CCc2ccccn2)ccc1N. The fourth-order valence-corrected chi connectivity index (χ4v) is 1.73. The topological polar surface area (TPSA) is 48.1 Å². The van der Waals surface area contributed by atoms with Crippen LogP contribution in [0, 0.1) is 0 Å². The molecular formula is C14H16N2O. The highest BCUT2D eigenvalue weighted by molar-refractivity contribution is 5.53. The van der Waals surface area contributed by atoms with Crippen LogP contribution < -0.4 is 10.5 Å². The molecule has 0 radical (unpaired) electrons. The molecule has 0 amide bonds. The van der Waals surface area contributed by atoms with Crippen LogP contribution in [-0.2, 0) is 12.8 Å². The molecule has 0 saturated carbocycles. The van der Waals surface area contributed by atoms with Gasteiger partial charge >= 0.3 is 0 Å². The number of hydrogen-bond donors (Lipinski definition) is 1. The highest BCUT2D eigenvalue weighted by Gasteiger charge is 2.01. The highest BCUT2D eigenvalue weighted by atomic mass is 16.5. The number of nitrogens with two attached hydrogens (primary N) is 1. The Morgan fingerprint density at radius 3 is 2.76 bits per heavy atom. The second-order valence-electron chi connectivity index (χ2n) is 3.90. The normalized spacial score (nSPS) is 10.2. The van der Waals surface area contributed by atoms with E-state index in [4.69, 9.17) is 10.5 Å². The van der Waals surface area contributed by atoms with Gasteiger partial charge in [-0.15, -0.1) is 0 Å². The van der Waals surface area contributed by atoms with Gasteiger partial charge in [0, 0.05) is 11.9 Å². The number of rotatable bonds is 4. The fraction of sp³-hybridized carbons (Fsp3) is 0.214. The van der Waals surface area contributed by atoms with Crippen molar-refractivity contribution >= 4 is 5.69 Å². The Labute approximate surface area is 101 Å². The van der Waals surface area contributed by atoms with E-state index in [1.165, 1.54) is 5.56 Å². The molecule has 1 aromatic carbocycles. The van der Waals surface area contributed by atoms with E-state index in [1.54, 1.807) is 7.11 Å². The predicted octanol–water partition coefficient (Wildman–Crippen LogP) is 2.46. The molecule has 3 heteroatoms. The number of anilines is 1. The van der Waals surface area contributed by atoms with Gasteiger partial charge in [0.05, 0.1) is 12.8 Å². The first-order valence-electron chi connectivity index (χ1n) is 5.62. The molecule has 0 fully saturated rings. The quantitative estimate of drug-likeness (QED) is 0.818. The number of methoxy groups -OCH3 is 1. The molecule has 2 aromatic rings. The van der Waals surface area contributed by atoms with Crippen molar-refractivity contribution in [3.8, 4) is 5.75 Å². The first-order valence-corrected chi connectivity index (χ1v) is 5.62. The van der Waals surface area contributed by atoms with Gasteiger partial charge in [-0.05, 0) is 42.7 Å². The van der Waals surface area contributed by atoms with Crippen molar-refractivity contribution in [3.63, 3.8) is 0 Å². The summed E-state index contributed by atoms with van der Waals surface area (Å²) in [5.74, 6) is 0.739. The molecule has 3 nitrogen and oxygen atoms in total. The molecule has 0 bridgehead atoms. The lowest BCUT2D eigenvalue weighted by Crippen LogP contribution is -1.97. The van der Waals surface area contributed by atoms with Crippen molar-refractivity contribution in [2.75, 3.05) is 12.8 Å². The van der Waals surface area contributed by atoms with Gasteiger partial charge in [0.1, 0.15) is 5.75 Å². The van der Waals surface area contributed by atoms with Crippen molar-refractivity contribution < 1.29 is 4.74 Å². The van der Waals surface area contributed by atoms with Gasteiger partial charge < -0.3 is 10.5 Å². The number of hydrogen-bond acceptors (Lipinski definition) is 3. The van der Waals surface area contributed by atoms with Crippen LogP contribution in [-0.4, -0.2) is 12.1 Å². The summed E-state index contributed by atoms with van der Waals surface area (Å²) in [6.45, 7) is 0. The lowest BCUT2D eigenvalue weighted by Gasteiger charge is -2.07. The molecule has 0 spiro atoms. The van der Waals surface area contributed by atoms with E-state index in [0.717, 1.165) is 24.3 Å². The maximum absolute atomic E-state index is 5.77. The van der Waals surface area contributed by atoms with E-state index in [0.29, 0.717) is 5.69 Å². The summed E-state index contributed by atoms with van der Waals surface area (Å²) in [5.41, 5.74) is 8.76. The third-order valence-corrected chi connectivity index (χ3v) is 2.69. The van der Waals surface area contributed by atoms with Crippen LogP contribution in [0.3, 0.4) is 0 Å². The Kier molecular flexibility index (Phi) is 3.60. The monoisotopic (exact) mass is 228 g/mol. The molecule has 2 N–H and O–H groups in total. The molecule has 0 aliphatic rings. The first kappa shape index (κ1) is 11.5. The molecule has 0 aliphatic heterocycles. The number of nitrogen functional groups attached to an aromatic ring is 1. The number of aromatic nitrogens is 1. The zero-order valence-electron chi connectivity index (χ0n) is 9.89. The zero-order chi connectivity index (χ0) is 12.1. The summed E-state index contributed by atoms with van der Waals surface area (Å²) in [6, 6.07) is 11.9. The molecule has 17 heavy (non-hydrogen) atoms. The summed E-state index contributed by atoms with van der Waals surface area (Å²) in [4.78, 5) is 4.30. The minimum absolute atomic E-state index is 0.675. The van der Waals surface area contributed by atoms with Gasteiger partial charge in [0.2, 0.25) is 0 Å². The van der Waals surface area contributed by atoms with Crippen LogP contribution in [0.4, 0.5) is 5.69 Å². The number of nitrogens with zero attached hydrogens (tertiary/aromatic N) is 1. The minimum atomic E-state index is 0.675. The summed E-state index contributed by atoms with van der Waals surface area (Å²) in [7, 11) is 1.63. The summed E-state index contributed by atoms with van der Waals surface area (Å²) in [5, 5.41) is 0. The molecule has 1 heterocycles. The van der Waals surface area contributed by atoms with Gasteiger partial charge in [0.15, 0.2) is 0 Å². The molecule has 0 unspecified atom stereocenters. The zero-order valence-corrected chi connectivity index (χ0v) is 9.89. The van der Waals surface area contributed by atoms with E-state index in [1.807, 2.05) is 42.6 Å². The Morgan fingerprint density at radius 1 is 1.18 bits per heavy atom. The second kappa shape index (κ2) is 5.34. The number of benzene rings is 1. The lowest BCUT2D eigenvalue weighted by atomic mass is 10.1. The lowest BCUT2D eigenvalue weighted by molar-refractivity contribution is 0.416. The summed E-state index contributed by atoms with van der Waals surface area (Å²) in [6.07, 6.45) is 3.68. The van der Waals surface area contributed by atoms with Crippen LogP contribution in [0.1, 0.15) is 11.3 Å². The smallest absolute Gasteiger partial charge is 0.142 e. The van der Waals surface area contributed by atoms with Crippen LogP contribution in [0.5, 0.6) is 5.75 Å². The van der Waals surface area contributed by atoms with Crippen LogP contribution in [0.25, 0.3) is 0 Å². The standard InChI is InChI=1S/C14H16N2O/c1-17-14-10-11(6-8-13(14)15)5-7-12-4-2-3-9-16-12/h2-4,6,8-10H,5,7,15H2,1H3. The fourth-order valence-electron chi connectivity index (χ4n) is 1.73. The van der Waals surface area contributed by atoms with Crippen LogP contribution in [0.15, 0.2) is 42.6 Å². The predicted molar refractivity (Wildman–Crippen MR) is 69.1 cm³/mol. The van der Waals surface area contributed by atoms with Crippen LogP contribution in [0.2, 0.25) is 0 Å². The largest absolute Gasteiger partial charge is 0.495 e. The van der Waals surface area contributed by atoms with E-state index in [9.17, 15) is 0 Å². The minimum Gasteiger partial charge on any atom is -0.495 e. The van der Waals surface area contributed by atoms with E-state index >= 15 is 0 Å². The first-order chi connectivity index (χ1) is 8.29. The van der Waals surface area contributed by atoms with Crippen molar-refractivity contribution in [2.24, 2.45) is 0 Å². The Balaban J connectivity index is 2.04. The van der Waals surface area contributed by atoms with Gasteiger partial charge in [-0.25, -0.2) is 0 Å².